The van der Waals surface area contributed by atoms with E-state index in [0.29, 0.717) is 13.2 Å². The summed E-state index contributed by atoms with van der Waals surface area (Å²) in [6, 6.07) is 16.1. The van der Waals surface area contributed by atoms with Crippen molar-refractivity contribution in [1.29, 1.82) is 0 Å². The fourth-order valence-electron chi connectivity index (χ4n) is 2.47. The summed E-state index contributed by atoms with van der Waals surface area (Å²) in [6.45, 7) is 6.36. The summed E-state index contributed by atoms with van der Waals surface area (Å²) in [6.07, 6.45) is 6.96. The summed E-state index contributed by atoms with van der Waals surface area (Å²) in [5.41, 5.74) is 2.24. The van der Waals surface area contributed by atoms with Crippen molar-refractivity contribution in [3.63, 3.8) is 0 Å². The molecule has 0 heterocycles. The van der Waals surface area contributed by atoms with E-state index in [0.717, 1.165) is 29.2 Å². The van der Waals surface area contributed by atoms with E-state index < -0.39 is 0 Å². The first kappa shape index (κ1) is 19.0. The Labute approximate surface area is 151 Å². The lowest BCUT2D eigenvalue weighted by Gasteiger charge is -2.08. The average molecular weight is 339 g/mol. The molecule has 0 aliphatic carbocycles. The lowest BCUT2D eigenvalue weighted by atomic mass is 10.2. The lowest BCUT2D eigenvalue weighted by Crippen LogP contribution is -1.96. The average Bonchev–Trinajstić information content (AvgIpc) is 2.65. The summed E-state index contributed by atoms with van der Waals surface area (Å²) in [7, 11) is 0. The third-order valence-electron chi connectivity index (χ3n) is 3.90. The summed E-state index contributed by atoms with van der Waals surface area (Å²) in [4.78, 5) is 4.48. The minimum absolute atomic E-state index is 0.553. The molecule has 3 nitrogen and oxygen atoms in total. The van der Waals surface area contributed by atoms with Crippen molar-refractivity contribution in [2.75, 3.05) is 13.2 Å². The molecule has 0 fully saturated rings. The molecule has 0 spiro atoms. The quantitative estimate of drug-likeness (QED) is 0.390. The second kappa shape index (κ2) is 11.3. The largest absolute Gasteiger partial charge is 0.494 e. The van der Waals surface area contributed by atoms with E-state index in [-0.39, 0.29) is 0 Å². The van der Waals surface area contributed by atoms with Crippen molar-refractivity contribution in [3.05, 3.63) is 59.7 Å². The molecule has 0 amide bonds. The van der Waals surface area contributed by atoms with E-state index in [1.807, 2.05) is 61.7 Å². The van der Waals surface area contributed by atoms with E-state index in [2.05, 4.69) is 11.9 Å². The fourth-order valence-corrected chi connectivity index (χ4v) is 2.47. The highest BCUT2D eigenvalue weighted by molar-refractivity contribution is 5.79. The number of benzene rings is 2. The van der Waals surface area contributed by atoms with E-state index in [1.54, 1.807) is 0 Å². The van der Waals surface area contributed by atoms with Crippen LogP contribution in [-0.4, -0.2) is 19.4 Å². The Hall–Kier alpha value is -2.29. The number of hydrogen-bond donors (Lipinski definition) is 0. The second-order valence-electron chi connectivity index (χ2n) is 6.03. The molecule has 0 saturated carbocycles. The molecule has 0 aliphatic heterocycles. The van der Waals surface area contributed by atoms with E-state index >= 15 is 0 Å². The van der Waals surface area contributed by atoms with Crippen LogP contribution in [0.1, 0.15) is 50.7 Å². The van der Waals surface area contributed by atoms with Gasteiger partial charge in [-0.05, 0) is 60.9 Å². The van der Waals surface area contributed by atoms with E-state index in [4.69, 9.17) is 9.47 Å². The Kier molecular flexibility index (Phi) is 8.60. The molecular formula is C22H29NO2. The molecule has 0 aromatic heterocycles. The molecule has 0 saturated heterocycles. The smallest absolute Gasteiger partial charge is 0.119 e. The fraction of sp³-hybridized carbons (Fsp3) is 0.409. The van der Waals surface area contributed by atoms with Crippen molar-refractivity contribution in [2.45, 2.75) is 46.1 Å². The highest BCUT2D eigenvalue weighted by Crippen LogP contribution is 2.16. The molecule has 2 aromatic rings. The van der Waals surface area contributed by atoms with Crippen molar-refractivity contribution in [2.24, 2.45) is 4.99 Å². The molecule has 0 aliphatic rings. The Morgan fingerprint density at radius 3 is 2.16 bits per heavy atom. The molecule has 2 aromatic carbocycles. The maximum atomic E-state index is 5.83. The zero-order valence-corrected chi connectivity index (χ0v) is 15.4. The summed E-state index contributed by atoms with van der Waals surface area (Å²) in [5, 5.41) is 0. The van der Waals surface area contributed by atoms with Gasteiger partial charge in [-0.1, -0.05) is 38.3 Å². The van der Waals surface area contributed by atoms with E-state index in [1.165, 1.54) is 25.7 Å². The van der Waals surface area contributed by atoms with Gasteiger partial charge in [0.15, 0.2) is 0 Å². The SMILES string of the molecule is CCCCCCN=Cc1ccc(OCc2ccc(OCC)cc2)cc1. The van der Waals surface area contributed by atoms with Crippen LogP contribution in [0, 0.1) is 0 Å². The lowest BCUT2D eigenvalue weighted by molar-refractivity contribution is 0.305. The molecular weight excluding hydrogens is 310 g/mol. The molecule has 134 valence electrons. The summed E-state index contributed by atoms with van der Waals surface area (Å²) >= 11 is 0. The van der Waals surface area contributed by atoms with Gasteiger partial charge in [-0.2, -0.15) is 0 Å². The van der Waals surface area contributed by atoms with Gasteiger partial charge in [0.05, 0.1) is 6.61 Å². The first-order chi connectivity index (χ1) is 12.3. The summed E-state index contributed by atoms with van der Waals surface area (Å²) < 4.78 is 11.3. The summed E-state index contributed by atoms with van der Waals surface area (Å²) in [5.74, 6) is 1.76. The number of rotatable bonds is 11. The zero-order chi connectivity index (χ0) is 17.7. The van der Waals surface area contributed by atoms with Crippen molar-refractivity contribution in [3.8, 4) is 11.5 Å². The van der Waals surface area contributed by atoms with Crippen LogP contribution in [-0.2, 0) is 6.61 Å². The Bertz CT molecular complexity index is 617. The minimum Gasteiger partial charge on any atom is -0.494 e. The first-order valence-corrected chi connectivity index (χ1v) is 9.26. The normalized spacial score (nSPS) is 11.0. The minimum atomic E-state index is 0.553. The van der Waals surface area contributed by atoms with Gasteiger partial charge in [0.1, 0.15) is 18.1 Å². The van der Waals surface area contributed by atoms with Crippen LogP contribution in [0.5, 0.6) is 11.5 Å². The van der Waals surface area contributed by atoms with E-state index in [9.17, 15) is 0 Å². The van der Waals surface area contributed by atoms with Gasteiger partial charge in [0.2, 0.25) is 0 Å². The standard InChI is InChI=1S/C22H29NO2/c1-3-5-6-7-16-23-17-19-8-12-22(13-9-19)25-18-20-10-14-21(15-11-20)24-4-2/h8-15,17H,3-7,16,18H2,1-2H3. The Morgan fingerprint density at radius 1 is 0.800 bits per heavy atom. The molecule has 0 atom stereocenters. The van der Waals surface area contributed by atoms with Crippen molar-refractivity contribution >= 4 is 6.21 Å². The number of ether oxygens (including phenoxy) is 2. The predicted octanol–water partition coefficient (Wildman–Crippen LogP) is 5.66. The van der Waals surface area contributed by atoms with Crippen LogP contribution in [0.2, 0.25) is 0 Å². The van der Waals surface area contributed by atoms with Crippen LogP contribution >= 0.6 is 0 Å². The topological polar surface area (TPSA) is 30.8 Å². The number of nitrogens with zero attached hydrogens (tertiary/aromatic N) is 1. The molecule has 0 bridgehead atoms. The van der Waals surface area contributed by atoms with Gasteiger partial charge >= 0.3 is 0 Å². The van der Waals surface area contributed by atoms with Gasteiger partial charge < -0.3 is 9.47 Å². The molecule has 2 rings (SSSR count). The molecule has 0 N–H and O–H groups in total. The van der Waals surface area contributed by atoms with Crippen LogP contribution in [0.15, 0.2) is 53.5 Å². The van der Waals surface area contributed by atoms with Crippen LogP contribution in [0.4, 0.5) is 0 Å². The maximum absolute atomic E-state index is 5.83. The zero-order valence-electron chi connectivity index (χ0n) is 15.4. The van der Waals surface area contributed by atoms with Gasteiger partial charge in [0.25, 0.3) is 0 Å². The van der Waals surface area contributed by atoms with Crippen LogP contribution in [0.25, 0.3) is 0 Å². The van der Waals surface area contributed by atoms with Crippen molar-refractivity contribution in [1.82, 2.24) is 0 Å². The molecule has 25 heavy (non-hydrogen) atoms. The predicted molar refractivity (Wildman–Crippen MR) is 105 cm³/mol. The molecule has 3 heteroatoms. The van der Waals surface area contributed by atoms with Gasteiger partial charge in [0, 0.05) is 12.8 Å². The second-order valence-corrected chi connectivity index (χ2v) is 6.03. The van der Waals surface area contributed by atoms with Crippen molar-refractivity contribution < 1.29 is 9.47 Å². The van der Waals surface area contributed by atoms with Crippen LogP contribution < -0.4 is 9.47 Å². The van der Waals surface area contributed by atoms with Gasteiger partial charge in [-0.3, -0.25) is 4.99 Å². The monoisotopic (exact) mass is 339 g/mol. The Balaban J connectivity index is 1.75. The molecule has 0 unspecified atom stereocenters. The van der Waals surface area contributed by atoms with Gasteiger partial charge in [-0.15, -0.1) is 0 Å². The third-order valence-corrected chi connectivity index (χ3v) is 3.90. The highest BCUT2D eigenvalue weighted by atomic mass is 16.5. The number of aliphatic imine (C=N–C) groups is 1. The number of hydrogen-bond acceptors (Lipinski definition) is 3. The maximum Gasteiger partial charge on any atom is 0.119 e. The van der Waals surface area contributed by atoms with Gasteiger partial charge in [-0.25, -0.2) is 0 Å². The molecule has 0 radical (unpaired) electrons. The number of unbranched alkanes of at least 4 members (excludes halogenated alkanes) is 3. The highest BCUT2D eigenvalue weighted by Gasteiger charge is 1.98. The first-order valence-electron chi connectivity index (χ1n) is 9.26. The third kappa shape index (κ3) is 7.42. The Morgan fingerprint density at radius 2 is 1.48 bits per heavy atom. The van der Waals surface area contributed by atoms with Crippen LogP contribution in [0.3, 0.4) is 0 Å².